The number of carbonyl (C=O) groups excluding carboxylic acids is 2. The van der Waals surface area contributed by atoms with Crippen LogP contribution in [-0.4, -0.2) is 16.7 Å². The van der Waals surface area contributed by atoms with E-state index >= 15 is 0 Å². The molecule has 2 N–H and O–H groups in total. The molecule has 0 saturated heterocycles. The number of rotatable bonds is 3. The molecule has 21 heavy (non-hydrogen) atoms. The average molecular weight is 305 g/mol. The maximum atomic E-state index is 11.8. The highest BCUT2D eigenvalue weighted by molar-refractivity contribution is 7.12. The minimum absolute atomic E-state index is 0.107. The van der Waals surface area contributed by atoms with Crippen LogP contribution in [-0.2, 0) is 0 Å². The van der Waals surface area contributed by atoms with Crippen molar-refractivity contribution in [1.82, 2.24) is 10.9 Å². The maximum Gasteiger partial charge on any atom is 0.280 e. The molecule has 1 heterocycles. The van der Waals surface area contributed by atoms with E-state index in [1.54, 1.807) is 18.4 Å². The summed E-state index contributed by atoms with van der Waals surface area (Å²) in [6, 6.07) is 6.88. The second-order valence-corrected chi connectivity index (χ2v) is 5.06. The summed E-state index contributed by atoms with van der Waals surface area (Å²) in [5.74, 6) is -0.954. The Bertz CT molecular complexity index is 694. The van der Waals surface area contributed by atoms with E-state index < -0.39 is 16.7 Å². The molecule has 1 aromatic carbocycles. The van der Waals surface area contributed by atoms with E-state index in [9.17, 15) is 19.7 Å². The number of amides is 2. The molecule has 0 unspecified atom stereocenters. The van der Waals surface area contributed by atoms with Gasteiger partial charge in [-0.3, -0.25) is 30.6 Å². The zero-order valence-electron chi connectivity index (χ0n) is 11.0. The van der Waals surface area contributed by atoms with Crippen molar-refractivity contribution in [3.63, 3.8) is 0 Å². The predicted octanol–water partition coefficient (Wildman–Crippen LogP) is 2.04. The molecule has 0 bridgehead atoms. The Morgan fingerprint density at radius 3 is 2.24 bits per heavy atom. The summed E-state index contributed by atoms with van der Waals surface area (Å²) in [7, 11) is 0. The largest absolute Gasteiger partial charge is 0.280 e. The van der Waals surface area contributed by atoms with Gasteiger partial charge in [-0.2, -0.15) is 0 Å². The number of nitrogens with zero attached hydrogens (tertiary/aromatic N) is 1. The molecule has 0 aliphatic rings. The summed E-state index contributed by atoms with van der Waals surface area (Å²) in [6.45, 7) is 1.80. The molecule has 2 aromatic rings. The van der Waals surface area contributed by atoms with Crippen molar-refractivity contribution in [2.24, 2.45) is 0 Å². The molecule has 2 rings (SSSR count). The Balaban J connectivity index is 1.97. The van der Waals surface area contributed by atoms with Gasteiger partial charge in [0, 0.05) is 17.7 Å². The molecular formula is C13H11N3O4S. The molecule has 0 radical (unpaired) electrons. The first-order valence-corrected chi connectivity index (χ1v) is 6.76. The lowest BCUT2D eigenvalue weighted by molar-refractivity contribution is -0.384. The molecule has 1 aromatic heterocycles. The fourth-order valence-corrected chi connectivity index (χ4v) is 2.40. The number of nitrogens with one attached hydrogen (secondary N) is 2. The van der Waals surface area contributed by atoms with E-state index in [0.717, 1.165) is 5.56 Å². The predicted molar refractivity (Wildman–Crippen MR) is 77.1 cm³/mol. The van der Waals surface area contributed by atoms with Gasteiger partial charge in [-0.1, -0.05) is 0 Å². The lowest BCUT2D eigenvalue weighted by atomic mass is 10.2. The van der Waals surface area contributed by atoms with Crippen LogP contribution in [0.3, 0.4) is 0 Å². The number of hydrogen-bond acceptors (Lipinski definition) is 5. The zero-order valence-corrected chi connectivity index (χ0v) is 11.8. The molecule has 0 spiro atoms. The smallest absolute Gasteiger partial charge is 0.267 e. The average Bonchev–Trinajstić information content (AvgIpc) is 2.90. The molecule has 0 aliphatic heterocycles. The van der Waals surface area contributed by atoms with Gasteiger partial charge in [0.25, 0.3) is 17.5 Å². The summed E-state index contributed by atoms with van der Waals surface area (Å²) in [6.07, 6.45) is 0. The first-order chi connectivity index (χ1) is 9.99. The molecular weight excluding hydrogens is 294 g/mol. The first kappa shape index (κ1) is 14.7. The van der Waals surface area contributed by atoms with E-state index in [1.165, 1.54) is 35.6 Å². The fourth-order valence-electron chi connectivity index (χ4n) is 1.58. The molecule has 8 heteroatoms. The Labute approximate surface area is 123 Å². The topological polar surface area (TPSA) is 101 Å². The molecule has 108 valence electrons. The highest BCUT2D eigenvalue weighted by Gasteiger charge is 2.13. The van der Waals surface area contributed by atoms with Crippen LogP contribution in [0.4, 0.5) is 5.69 Å². The van der Waals surface area contributed by atoms with Crippen molar-refractivity contribution in [2.45, 2.75) is 6.92 Å². The molecule has 0 aliphatic carbocycles. The van der Waals surface area contributed by atoms with Gasteiger partial charge in [-0.15, -0.1) is 11.3 Å². The Morgan fingerprint density at radius 2 is 1.71 bits per heavy atom. The van der Waals surface area contributed by atoms with E-state index in [2.05, 4.69) is 10.9 Å². The van der Waals surface area contributed by atoms with Gasteiger partial charge in [0.1, 0.15) is 0 Å². The highest BCUT2D eigenvalue weighted by Crippen LogP contribution is 2.15. The monoisotopic (exact) mass is 305 g/mol. The maximum absolute atomic E-state index is 11.8. The van der Waals surface area contributed by atoms with Crippen LogP contribution in [0, 0.1) is 17.0 Å². The van der Waals surface area contributed by atoms with Crippen molar-refractivity contribution in [1.29, 1.82) is 0 Å². The number of non-ortho nitro benzene ring substituents is 1. The van der Waals surface area contributed by atoms with Gasteiger partial charge < -0.3 is 0 Å². The standard InChI is InChI=1S/C13H11N3O4S/c1-8-6-7-21-11(8)13(18)15-14-12(17)9-2-4-10(5-3-9)16(19)20/h2-7H,1H3,(H,14,17)(H,15,18). The van der Waals surface area contributed by atoms with Gasteiger partial charge in [0.15, 0.2) is 0 Å². The Morgan fingerprint density at radius 1 is 1.10 bits per heavy atom. The summed E-state index contributed by atoms with van der Waals surface area (Å²) in [5.41, 5.74) is 5.49. The van der Waals surface area contributed by atoms with Crippen LogP contribution >= 0.6 is 11.3 Å². The summed E-state index contributed by atoms with van der Waals surface area (Å²) in [4.78, 5) is 34.1. The van der Waals surface area contributed by atoms with Crippen LogP contribution in [0.25, 0.3) is 0 Å². The zero-order chi connectivity index (χ0) is 15.4. The lowest BCUT2D eigenvalue weighted by Crippen LogP contribution is -2.41. The van der Waals surface area contributed by atoms with Gasteiger partial charge in [0.05, 0.1) is 9.80 Å². The lowest BCUT2D eigenvalue weighted by Gasteiger charge is -2.06. The van der Waals surface area contributed by atoms with Crippen LogP contribution in [0.1, 0.15) is 25.6 Å². The number of hydrazine groups is 1. The molecule has 0 saturated carbocycles. The highest BCUT2D eigenvalue weighted by atomic mass is 32.1. The number of carbonyl (C=O) groups is 2. The van der Waals surface area contributed by atoms with Gasteiger partial charge in [-0.25, -0.2) is 0 Å². The number of thiophene rings is 1. The van der Waals surface area contributed by atoms with Crippen molar-refractivity contribution < 1.29 is 14.5 Å². The van der Waals surface area contributed by atoms with E-state index in [4.69, 9.17) is 0 Å². The normalized spacial score (nSPS) is 9.95. The molecule has 0 atom stereocenters. The van der Waals surface area contributed by atoms with Crippen LogP contribution in [0.15, 0.2) is 35.7 Å². The Hall–Kier alpha value is -2.74. The third kappa shape index (κ3) is 3.42. The minimum atomic E-state index is -0.553. The number of benzene rings is 1. The summed E-state index contributed by atoms with van der Waals surface area (Å²) >= 11 is 1.27. The van der Waals surface area contributed by atoms with Crippen molar-refractivity contribution >= 4 is 28.8 Å². The molecule has 2 amide bonds. The van der Waals surface area contributed by atoms with Crippen LogP contribution in [0.2, 0.25) is 0 Å². The van der Waals surface area contributed by atoms with Crippen molar-refractivity contribution in [2.75, 3.05) is 0 Å². The summed E-state index contributed by atoms with van der Waals surface area (Å²) < 4.78 is 0. The van der Waals surface area contributed by atoms with Crippen LogP contribution in [0.5, 0.6) is 0 Å². The fraction of sp³-hybridized carbons (Fsp3) is 0.0769. The van der Waals surface area contributed by atoms with E-state index in [-0.39, 0.29) is 11.3 Å². The van der Waals surface area contributed by atoms with Gasteiger partial charge in [-0.05, 0) is 36.1 Å². The number of hydrogen-bond donors (Lipinski definition) is 2. The number of nitro benzene ring substituents is 1. The Kier molecular flexibility index (Phi) is 4.29. The minimum Gasteiger partial charge on any atom is -0.267 e. The second kappa shape index (κ2) is 6.14. The van der Waals surface area contributed by atoms with Crippen molar-refractivity contribution in [3.05, 3.63) is 61.8 Å². The van der Waals surface area contributed by atoms with E-state index in [1.807, 2.05) is 0 Å². The number of aryl methyl sites for hydroxylation is 1. The third-order valence-corrected chi connectivity index (χ3v) is 3.71. The van der Waals surface area contributed by atoms with Crippen molar-refractivity contribution in [3.8, 4) is 0 Å². The van der Waals surface area contributed by atoms with E-state index in [0.29, 0.717) is 4.88 Å². The molecule has 7 nitrogen and oxygen atoms in total. The third-order valence-electron chi connectivity index (χ3n) is 2.70. The van der Waals surface area contributed by atoms with Crippen LogP contribution < -0.4 is 10.9 Å². The molecule has 0 fully saturated rings. The summed E-state index contributed by atoms with van der Waals surface area (Å²) in [5, 5.41) is 12.3. The quantitative estimate of drug-likeness (QED) is 0.669. The second-order valence-electron chi connectivity index (χ2n) is 4.14. The first-order valence-electron chi connectivity index (χ1n) is 5.88. The SMILES string of the molecule is Cc1ccsc1C(=O)NNC(=O)c1ccc([N+](=O)[O-])cc1. The van der Waals surface area contributed by atoms with Gasteiger partial charge in [0.2, 0.25) is 0 Å². The van der Waals surface area contributed by atoms with Gasteiger partial charge >= 0.3 is 0 Å². The number of nitro groups is 1.